The highest BCUT2D eigenvalue weighted by Crippen LogP contribution is 2.33. The van der Waals surface area contributed by atoms with Crippen LogP contribution < -0.4 is 14.8 Å². The minimum Gasteiger partial charge on any atom is -0.454 e. The lowest BCUT2D eigenvalue weighted by Crippen LogP contribution is -2.42. The van der Waals surface area contributed by atoms with Gasteiger partial charge in [-0.2, -0.15) is 5.10 Å². The molecule has 0 atom stereocenters. The summed E-state index contributed by atoms with van der Waals surface area (Å²) in [6.07, 6.45) is 0. The smallest absolute Gasteiger partial charge is 0.254 e. The fraction of sp³-hybridized carbons (Fsp3) is 0.179. The molecule has 9 heteroatoms. The van der Waals surface area contributed by atoms with E-state index in [9.17, 15) is 9.59 Å². The van der Waals surface area contributed by atoms with Crippen LogP contribution >= 0.6 is 11.6 Å². The van der Waals surface area contributed by atoms with Gasteiger partial charge >= 0.3 is 0 Å². The number of anilines is 1. The number of aromatic nitrogens is 2. The first-order valence-electron chi connectivity index (χ1n) is 11.8. The molecule has 1 aromatic heterocycles. The maximum Gasteiger partial charge on any atom is 0.254 e. The van der Waals surface area contributed by atoms with Crippen LogP contribution in [0.2, 0.25) is 5.02 Å². The number of fused-ring (bicyclic) bond motifs is 1. The molecule has 8 nitrogen and oxygen atoms in total. The number of hydrogen-bond acceptors (Lipinski definition) is 5. The summed E-state index contributed by atoms with van der Waals surface area (Å²) in [5.41, 5.74) is 2.61. The summed E-state index contributed by atoms with van der Waals surface area (Å²) in [7, 11) is 0. The Morgan fingerprint density at radius 1 is 1.00 bits per heavy atom. The van der Waals surface area contributed by atoms with E-state index < -0.39 is 0 Å². The van der Waals surface area contributed by atoms with Crippen LogP contribution in [0.4, 0.5) is 5.82 Å². The van der Waals surface area contributed by atoms with Crippen molar-refractivity contribution >= 4 is 29.2 Å². The summed E-state index contributed by atoms with van der Waals surface area (Å²) >= 11 is 6.45. The summed E-state index contributed by atoms with van der Waals surface area (Å²) < 4.78 is 12.3. The van der Waals surface area contributed by atoms with Crippen LogP contribution in [0.5, 0.6) is 11.5 Å². The zero-order valence-electron chi connectivity index (χ0n) is 20.3. The molecule has 0 radical (unpaired) electrons. The summed E-state index contributed by atoms with van der Waals surface area (Å²) in [5.74, 6) is 0.892. The highest BCUT2D eigenvalue weighted by atomic mass is 35.5. The third kappa shape index (κ3) is 5.15. The van der Waals surface area contributed by atoms with Gasteiger partial charge in [-0.15, -0.1) is 0 Å². The summed E-state index contributed by atoms with van der Waals surface area (Å²) in [6.45, 7) is 3.69. The molecule has 3 aromatic carbocycles. The fourth-order valence-corrected chi connectivity index (χ4v) is 4.26. The molecule has 0 spiro atoms. The number of hydrogen-bond donors (Lipinski definition) is 1. The molecule has 4 aromatic rings. The Kier molecular flexibility index (Phi) is 6.83. The zero-order chi connectivity index (χ0) is 25.9. The van der Waals surface area contributed by atoms with Crippen molar-refractivity contribution in [3.05, 3.63) is 89.4 Å². The predicted octanol–water partition coefficient (Wildman–Crippen LogP) is 5.41. The van der Waals surface area contributed by atoms with Crippen LogP contribution in [0.25, 0.3) is 16.9 Å². The van der Waals surface area contributed by atoms with Crippen molar-refractivity contribution in [2.45, 2.75) is 19.9 Å². The number of carbonyl (C=O) groups excluding carboxylic acids is 2. The normalized spacial score (nSPS) is 12.0. The number of amides is 2. The van der Waals surface area contributed by atoms with Gasteiger partial charge < -0.3 is 19.7 Å². The molecule has 1 aliphatic heterocycles. The van der Waals surface area contributed by atoms with Crippen molar-refractivity contribution in [3.8, 4) is 28.4 Å². The van der Waals surface area contributed by atoms with Gasteiger partial charge in [-0.05, 0) is 44.2 Å². The molecule has 0 unspecified atom stereocenters. The van der Waals surface area contributed by atoms with E-state index in [1.54, 1.807) is 35.0 Å². The molecule has 37 heavy (non-hydrogen) atoms. The van der Waals surface area contributed by atoms with Crippen LogP contribution in [0.1, 0.15) is 24.2 Å². The standard InChI is InChI=1S/C28H25ClN4O4/c1-18(2)32(28(35)20-12-13-24-25(14-20)37-17-36-24)16-27(34)30-26-15-22(19-8-4-3-5-9-19)31-33(26)23-11-7-6-10-21(23)29/h3-15,18H,16-17H2,1-2H3,(H,30,34). The van der Waals surface area contributed by atoms with E-state index in [-0.39, 0.29) is 31.2 Å². The summed E-state index contributed by atoms with van der Waals surface area (Å²) in [5, 5.41) is 8.12. The first-order chi connectivity index (χ1) is 17.9. The van der Waals surface area contributed by atoms with Gasteiger partial charge in [-0.1, -0.05) is 54.1 Å². The molecule has 0 saturated heterocycles. The Bertz CT molecular complexity index is 1450. The third-order valence-electron chi connectivity index (χ3n) is 5.94. The second kappa shape index (κ2) is 10.4. The Morgan fingerprint density at radius 3 is 2.49 bits per heavy atom. The molecule has 0 aliphatic carbocycles. The molecule has 0 bridgehead atoms. The Morgan fingerprint density at radius 2 is 1.73 bits per heavy atom. The van der Waals surface area contributed by atoms with Gasteiger partial charge in [0.1, 0.15) is 12.4 Å². The number of nitrogens with one attached hydrogen (secondary N) is 1. The van der Waals surface area contributed by atoms with Gasteiger partial charge in [0.15, 0.2) is 11.5 Å². The maximum atomic E-state index is 13.3. The lowest BCUT2D eigenvalue weighted by molar-refractivity contribution is -0.117. The summed E-state index contributed by atoms with van der Waals surface area (Å²) in [4.78, 5) is 28.1. The van der Waals surface area contributed by atoms with E-state index in [1.165, 1.54) is 4.90 Å². The van der Waals surface area contributed by atoms with Crippen molar-refractivity contribution in [2.75, 3.05) is 18.7 Å². The Balaban J connectivity index is 1.41. The van der Waals surface area contributed by atoms with E-state index in [1.807, 2.05) is 62.4 Å². The van der Waals surface area contributed by atoms with Crippen LogP contribution in [0.15, 0.2) is 78.9 Å². The lowest BCUT2D eigenvalue weighted by Gasteiger charge is -2.26. The van der Waals surface area contributed by atoms with Gasteiger partial charge in [0.2, 0.25) is 12.7 Å². The van der Waals surface area contributed by atoms with Crippen molar-refractivity contribution < 1.29 is 19.1 Å². The number of nitrogens with zero attached hydrogens (tertiary/aromatic N) is 3. The third-order valence-corrected chi connectivity index (χ3v) is 6.26. The number of carbonyl (C=O) groups is 2. The molecule has 2 amide bonds. The Hall–Kier alpha value is -4.30. The summed E-state index contributed by atoms with van der Waals surface area (Å²) in [6, 6.07) is 23.5. The van der Waals surface area contributed by atoms with E-state index in [0.717, 1.165) is 5.56 Å². The van der Waals surface area contributed by atoms with E-state index in [2.05, 4.69) is 5.32 Å². The zero-order valence-corrected chi connectivity index (χ0v) is 21.1. The van der Waals surface area contributed by atoms with Crippen molar-refractivity contribution in [3.63, 3.8) is 0 Å². The van der Waals surface area contributed by atoms with Crippen molar-refractivity contribution in [1.82, 2.24) is 14.7 Å². The minimum atomic E-state index is -0.365. The molecule has 2 heterocycles. The molecular formula is C28H25ClN4O4. The maximum absolute atomic E-state index is 13.3. The number of benzene rings is 3. The van der Waals surface area contributed by atoms with E-state index in [4.69, 9.17) is 26.2 Å². The highest BCUT2D eigenvalue weighted by Gasteiger charge is 2.25. The SMILES string of the molecule is CC(C)N(CC(=O)Nc1cc(-c2ccccc2)nn1-c1ccccc1Cl)C(=O)c1ccc2c(c1)OCO2. The van der Waals surface area contributed by atoms with Crippen LogP contribution in [-0.4, -0.2) is 45.9 Å². The molecule has 188 valence electrons. The monoisotopic (exact) mass is 516 g/mol. The van der Waals surface area contributed by atoms with E-state index >= 15 is 0 Å². The van der Waals surface area contributed by atoms with Gasteiger partial charge in [-0.25, -0.2) is 4.68 Å². The molecule has 0 saturated carbocycles. The predicted molar refractivity (Wildman–Crippen MR) is 141 cm³/mol. The number of rotatable bonds is 7. The molecule has 1 N–H and O–H groups in total. The molecular weight excluding hydrogens is 492 g/mol. The van der Waals surface area contributed by atoms with Gasteiger partial charge in [-0.3, -0.25) is 9.59 Å². The van der Waals surface area contributed by atoms with Crippen molar-refractivity contribution in [1.29, 1.82) is 0 Å². The van der Waals surface area contributed by atoms with Gasteiger partial charge in [0.25, 0.3) is 5.91 Å². The topological polar surface area (TPSA) is 85.7 Å². The first-order valence-corrected chi connectivity index (χ1v) is 12.2. The molecule has 1 aliphatic rings. The Labute approximate surface area is 219 Å². The largest absolute Gasteiger partial charge is 0.454 e. The lowest BCUT2D eigenvalue weighted by atomic mass is 10.1. The van der Waals surface area contributed by atoms with Crippen LogP contribution in [0, 0.1) is 0 Å². The van der Waals surface area contributed by atoms with Gasteiger partial charge in [0, 0.05) is 23.2 Å². The number of halogens is 1. The highest BCUT2D eigenvalue weighted by molar-refractivity contribution is 6.32. The molecule has 5 rings (SSSR count). The average molecular weight is 517 g/mol. The fourth-order valence-electron chi connectivity index (χ4n) is 4.05. The quantitative estimate of drug-likeness (QED) is 0.355. The van der Waals surface area contributed by atoms with Crippen molar-refractivity contribution in [2.24, 2.45) is 0 Å². The van der Waals surface area contributed by atoms with Crippen LogP contribution in [0.3, 0.4) is 0 Å². The van der Waals surface area contributed by atoms with E-state index in [0.29, 0.717) is 39.3 Å². The molecule has 0 fully saturated rings. The van der Waals surface area contributed by atoms with Crippen LogP contribution in [-0.2, 0) is 4.79 Å². The van der Waals surface area contributed by atoms with Gasteiger partial charge in [0.05, 0.1) is 16.4 Å². The average Bonchev–Trinajstić information content (AvgIpc) is 3.54. The number of ether oxygens (including phenoxy) is 2. The first kappa shape index (κ1) is 24.4. The second-order valence-electron chi connectivity index (χ2n) is 8.79. The minimum absolute atomic E-state index is 0.118. The second-order valence-corrected chi connectivity index (χ2v) is 9.19. The number of para-hydroxylation sites is 1.